The minimum Gasteiger partial charge on any atom is -0.491 e. The molecule has 2 aromatic heterocycles. The Morgan fingerprint density at radius 3 is 2.78 bits per heavy atom. The summed E-state index contributed by atoms with van der Waals surface area (Å²) in [5.41, 5.74) is 6.56. The number of aromatic nitrogens is 3. The summed E-state index contributed by atoms with van der Waals surface area (Å²) in [6.45, 7) is 8.67. The minimum atomic E-state index is -0.629. The van der Waals surface area contributed by atoms with Gasteiger partial charge in [0, 0.05) is 37.0 Å². The molecule has 188 valence electrons. The van der Waals surface area contributed by atoms with Gasteiger partial charge in [0.25, 0.3) is 0 Å². The van der Waals surface area contributed by atoms with E-state index in [0.717, 1.165) is 48.0 Å². The van der Waals surface area contributed by atoms with Crippen LogP contribution in [0.15, 0.2) is 38.9 Å². The largest absolute Gasteiger partial charge is 0.491 e. The predicted molar refractivity (Wildman–Crippen MR) is 140 cm³/mol. The zero-order valence-electron chi connectivity index (χ0n) is 20.8. The number of halogens is 1. The third kappa shape index (κ3) is 4.61. The number of hydrogen-bond acceptors (Lipinski definition) is 9. The fourth-order valence-corrected chi connectivity index (χ4v) is 4.86. The molecular formula is C26H29ClN6O3. The first kappa shape index (κ1) is 24.4. The lowest BCUT2D eigenvalue weighted by Gasteiger charge is -2.23. The van der Waals surface area contributed by atoms with Crippen LogP contribution in [0.2, 0.25) is 5.02 Å². The first-order valence-electron chi connectivity index (χ1n) is 11.9. The van der Waals surface area contributed by atoms with Gasteiger partial charge in [0.15, 0.2) is 5.82 Å². The molecule has 5 rings (SSSR count). The van der Waals surface area contributed by atoms with E-state index in [1.807, 2.05) is 33.1 Å². The summed E-state index contributed by atoms with van der Waals surface area (Å²) in [5.74, 6) is 2.59. The van der Waals surface area contributed by atoms with Crippen molar-refractivity contribution < 1.29 is 14.4 Å². The number of aliphatic hydroxyl groups is 1. The molecule has 36 heavy (non-hydrogen) atoms. The van der Waals surface area contributed by atoms with Gasteiger partial charge in [0.2, 0.25) is 0 Å². The molecule has 0 fully saturated rings. The lowest BCUT2D eigenvalue weighted by molar-refractivity contribution is 0.108. The highest BCUT2D eigenvalue weighted by molar-refractivity contribution is 6.33. The van der Waals surface area contributed by atoms with E-state index in [0.29, 0.717) is 34.5 Å². The molecule has 0 saturated carbocycles. The second kappa shape index (κ2) is 10.0. The summed E-state index contributed by atoms with van der Waals surface area (Å²) in [7, 11) is 1.78. The molecule has 3 aromatic rings. The Morgan fingerprint density at radius 1 is 1.22 bits per heavy atom. The molecule has 1 aromatic carbocycles. The van der Waals surface area contributed by atoms with Gasteiger partial charge in [-0.25, -0.2) is 9.97 Å². The quantitative estimate of drug-likeness (QED) is 0.475. The number of aryl methyl sites for hydroxylation is 2. The molecular weight excluding hydrogens is 480 g/mol. The van der Waals surface area contributed by atoms with Crippen LogP contribution in [0.4, 0.5) is 5.82 Å². The number of hydrogen-bond donors (Lipinski definition) is 2. The Morgan fingerprint density at radius 2 is 2.06 bits per heavy atom. The summed E-state index contributed by atoms with van der Waals surface area (Å²) in [5, 5.41) is 17.6. The number of rotatable bonds is 8. The summed E-state index contributed by atoms with van der Waals surface area (Å²) >= 11 is 6.65. The molecule has 0 spiro atoms. The van der Waals surface area contributed by atoms with Crippen molar-refractivity contribution in [2.45, 2.75) is 26.9 Å². The van der Waals surface area contributed by atoms with Crippen LogP contribution in [0.3, 0.4) is 0 Å². The first-order valence-corrected chi connectivity index (χ1v) is 12.3. The molecule has 0 aliphatic carbocycles. The van der Waals surface area contributed by atoms with E-state index in [4.69, 9.17) is 30.8 Å². The molecule has 0 amide bonds. The van der Waals surface area contributed by atoms with Crippen LogP contribution in [0.5, 0.6) is 5.75 Å². The van der Waals surface area contributed by atoms with Crippen LogP contribution < -0.4 is 15.0 Å². The molecule has 9 nitrogen and oxygen atoms in total. The molecule has 2 aliphatic heterocycles. The zero-order valence-corrected chi connectivity index (χ0v) is 21.6. The Labute approximate surface area is 214 Å². The molecule has 0 unspecified atom stereocenters. The van der Waals surface area contributed by atoms with Crippen LogP contribution >= 0.6 is 11.6 Å². The molecule has 0 radical (unpaired) electrons. The Bertz CT molecular complexity index is 1350. The first-order chi connectivity index (χ1) is 17.4. The smallest absolute Gasteiger partial charge is 0.163 e. The standard InChI is InChI=1S/C26H29ClN6O3/c1-14-24(23-15(2)32-36-16(23)3)30-25(31-26(14)33-11-17-8-29-9-18(17)12-33)21-7-20(5-6-22(21)27)35-13-19(34)10-28-4/h5-8,19,28,34H,9-13H2,1-4H3/t19-/m1/s1. The molecule has 2 N–H and O–H groups in total. The van der Waals surface area contributed by atoms with Crippen molar-refractivity contribution in [2.24, 2.45) is 4.99 Å². The van der Waals surface area contributed by atoms with Crippen molar-refractivity contribution in [1.82, 2.24) is 20.4 Å². The molecule has 1 atom stereocenters. The number of nitrogens with one attached hydrogen (secondary N) is 1. The Hall–Kier alpha value is -3.27. The van der Waals surface area contributed by atoms with E-state index in [2.05, 4.69) is 20.4 Å². The predicted octanol–water partition coefficient (Wildman–Crippen LogP) is 3.54. The van der Waals surface area contributed by atoms with Gasteiger partial charge in [-0.15, -0.1) is 0 Å². The van der Waals surface area contributed by atoms with E-state index in [1.54, 1.807) is 19.2 Å². The number of nitrogens with zero attached hydrogens (tertiary/aromatic N) is 5. The number of anilines is 1. The third-order valence-electron chi connectivity index (χ3n) is 6.48. The fraction of sp³-hybridized carbons (Fsp3) is 0.385. The van der Waals surface area contributed by atoms with E-state index in [1.165, 1.54) is 11.1 Å². The Kier molecular flexibility index (Phi) is 6.79. The van der Waals surface area contributed by atoms with E-state index in [9.17, 15) is 5.11 Å². The number of likely N-dealkylation sites (N-methyl/N-ethyl adjacent to an activating group) is 1. The van der Waals surface area contributed by atoms with Crippen LogP contribution in [-0.4, -0.2) is 72.4 Å². The topological polar surface area (TPSA) is 109 Å². The monoisotopic (exact) mass is 508 g/mol. The summed E-state index contributed by atoms with van der Waals surface area (Å²) < 4.78 is 11.3. The van der Waals surface area contributed by atoms with Gasteiger partial charge < -0.3 is 24.6 Å². The zero-order chi connectivity index (χ0) is 25.4. The lowest BCUT2D eigenvalue weighted by Crippen LogP contribution is -2.29. The van der Waals surface area contributed by atoms with Crippen molar-refractivity contribution >= 4 is 23.6 Å². The number of benzene rings is 1. The highest BCUT2D eigenvalue weighted by Crippen LogP contribution is 2.38. The molecule has 0 bridgehead atoms. The van der Waals surface area contributed by atoms with E-state index < -0.39 is 6.10 Å². The highest BCUT2D eigenvalue weighted by Gasteiger charge is 2.29. The molecule has 4 heterocycles. The van der Waals surface area contributed by atoms with Crippen molar-refractivity contribution in [2.75, 3.05) is 44.7 Å². The van der Waals surface area contributed by atoms with Gasteiger partial charge in [-0.1, -0.05) is 16.8 Å². The maximum atomic E-state index is 10.0. The lowest BCUT2D eigenvalue weighted by atomic mass is 10.0. The minimum absolute atomic E-state index is 0.152. The van der Waals surface area contributed by atoms with Crippen LogP contribution in [0.1, 0.15) is 17.0 Å². The average Bonchev–Trinajstić information content (AvgIpc) is 3.55. The van der Waals surface area contributed by atoms with Crippen molar-refractivity contribution in [1.29, 1.82) is 0 Å². The van der Waals surface area contributed by atoms with E-state index >= 15 is 0 Å². The average molecular weight is 509 g/mol. The fourth-order valence-electron chi connectivity index (χ4n) is 4.65. The maximum Gasteiger partial charge on any atom is 0.163 e. The second-order valence-corrected chi connectivity index (χ2v) is 9.57. The maximum absolute atomic E-state index is 10.0. The number of ether oxygens (including phenoxy) is 1. The van der Waals surface area contributed by atoms with Gasteiger partial charge in [0.1, 0.15) is 30.0 Å². The second-order valence-electron chi connectivity index (χ2n) is 9.16. The highest BCUT2D eigenvalue weighted by atomic mass is 35.5. The van der Waals surface area contributed by atoms with Gasteiger partial charge in [-0.2, -0.15) is 0 Å². The van der Waals surface area contributed by atoms with Crippen LogP contribution in [-0.2, 0) is 0 Å². The number of aliphatic hydroxyl groups excluding tert-OH is 1. The Balaban J connectivity index is 1.58. The SMILES string of the molecule is CNC[C@@H](O)COc1ccc(Cl)c(-c2nc(-c3c(C)noc3C)c(C)c(N3CC4=C(CN=C4)C3)n2)c1. The van der Waals surface area contributed by atoms with Gasteiger partial charge in [0.05, 0.1) is 28.5 Å². The number of aliphatic imine (C=N–C) groups is 1. The van der Waals surface area contributed by atoms with Gasteiger partial charge in [-0.05, 0) is 57.2 Å². The summed E-state index contributed by atoms with van der Waals surface area (Å²) in [4.78, 5) is 16.6. The molecule has 0 saturated heterocycles. The van der Waals surface area contributed by atoms with Crippen molar-refractivity contribution in [3.63, 3.8) is 0 Å². The van der Waals surface area contributed by atoms with Crippen molar-refractivity contribution in [3.8, 4) is 28.4 Å². The van der Waals surface area contributed by atoms with Crippen LogP contribution in [0.25, 0.3) is 22.6 Å². The summed E-state index contributed by atoms with van der Waals surface area (Å²) in [6.07, 6.45) is 1.33. The van der Waals surface area contributed by atoms with Gasteiger partial charge in [-0.3, -0.25) is 4.99 Å². The van der Waals surface area contributed by atoms with Crippen LogP contribution in [0, 0.1) is 20.8 Å². The molecule has 2 aliphatic rings. The normalized spacial score (nSPS) is 15.7. The third-order valence-corrected chi connectivity index (χ3v) is 6.81. The van der Waals surface area contributed by atoms with Crippen molar-refractivity contribution in [3.05, 3.63) is 51.4 Å². The van der Waals surface area contributed by atoms with Gasteiger partial charge >= 0.3 is 0 Å². The van der Waals surface area contributed by atoms with E-state index in [-0.39, 0.29) is 6.61 Å². The summed E-state index contributed by atoms with van der Waals surface area (Å²) in [6, 6.07) is 5.35. The molecule has 10 heteroatoms.